The van der Waals surface area contributed by atoms with Crippen molar-refractivity contribution in [2.24, 2.45) is 0 Å². The number of hydrogen-bond donors (Lipinski definition) is 1. The average molecular weight is 332 g/mol. The van der Waals surface area contributed by atoms with Crippen LogP contribution in [0.2, 0.25) is 0 Å². The summed E-state index contributed by atoms with van der Waals surface area (Å²) in [7, 11) is 1.89. The van der Waals surface area contributed by atoms with Gasteiger partial charge in [-0.2, -0.15) is 0 Å². The first kappa shape index (κ1) is 16.7. The van der Waals surface area contributed by atoms with E-state index in [0.29, 0.717) is 11.3 Å². The number of rotatable bonds is 5. The molecule has 0 aromatic heterocycles. The summed E-state index contributed by atoms with van der Waals surface area (Å²) in [5.41, 5.74) is 2.30. The van der Waals surface area contributed by atoms with Crippen LogP contribution in [0.15, 0.2) is 66.7 Å². The Kier molecular flexibility index (Phi) is 4.80. The van der Waals surface area contributed by atoms with Crippen LogP contribution in [0.1, 0.15) is 17.3 Å². The number of carbonyl (C=O) groups excluding carboxylic acids is 2. The first-order valence-corrected chi connectivity index (χ1v) is 8.14. The molecule has 0 atom stereocenters. The third-order valence-electron chi connectivity index (χ3n) is 4.13. The maximum atomic E-state index is 12.3. The summed E-state index contributed by atoms with van der Waals surface area (Å²) in [5.74, 6) is -0.0971. The summed E-state index contributed by atoms with van der Waals surface area (Å²) in [4.78, 5) is 25.4. The number of anilines is 2. The molecule has 0 heterocycles. The Morgan fingerprint density at radius 2 is 1.60 bits per heavy atom. The maximum absolute atomic E-state index is 12.3. The van der Waals surface area contributed by atoms with Gasteiger partial charge in [0, 0.05) is 24.0 Å². The molecule has 0 bridgehead atoms. The molecule has 0 saturated carbocycles. The fraction of sp³-hybridized carbons (Fsp3) is 0.143. The second-order valence-corrected chi connectivity index (χ2v) is 6.07. The van der Waals surface area contributed by atoms with Crippen LogP contribution >= 0.6 is 0 Å². The van der Waals surface area contributed by atoms with Gasteiger partial charge in [0.15, 0.2) is 5.78 Å². The first-order valence-electron chi connectivity index (χ1n) is 8.14. The van der Waals surface area contributed by atoms with Crippen molar-refractivity contribution in [1.82, 2.24) is 0 Å². The van der Waals surface area contributed by atoms with E-state index < -0.39 is 0 Å². The molecule has 4 heteroatoms. The normalized spacial score (nSPS) is 10.5. The number of nitrogens with one attached hydrogen (secondary N) is 1. The van der Waals surface area contributed by atoms with E-state index in [-0.39, 0.29) is 18.2 Å². The van der Waals surface area contributed by atoms with Crippen molar-refractivity contribution in [3.8, 4) is 0 Å². The monoisotopic (exact) mass is 332 g/mol. The van der Waals surface area contributed by atoms with Crippen LogP contribution in [0.3, 0.4) is 0 Å². The molecule has 4 nitrogen and oxygen atoms in total. The van der Waals surface area contributed by atoms with Crippen LogP contribution in [0, 0.1) is 0 Å². The second-order valence-electron chi connectivity index (χ2n) is 6.07. The quantitative estimate of drug-likeness (QED) is 0.715. The van der Waals surface area contributed by atoms with Crippen LogP contribution in [-0.2, 0) is 4.79 Å². The average Bonchev–Trinajstić information content (AvgIpc) is 2.61. The summed E-state index contributed by atoms with van der Waals surface area (Å²) >= 11 is 0. The van der Waals surface area contributed by atoms with Crippen molar-refractivity contribution in [1.29, 1.82) is 0 Å². The van der Waals surface area contributed by atoms with Gasteiger partial charge in [0.05, 0.1) is 6.54 Å². The van der Waals surface area contributed by atoms with E-state index in [1.165, 1.54) is 12.3 Å². The lowest BCUT2D eigenvalue weighted by Crippen LogP contribution is -2.30. The smallest absolute Gasteiger partial charge is 0.243 e. The van der Waals surface area contributed by atoms with Crippen molar-refractivity contribution in [3.63, 3.8) is 0 Å². The van der Waals surface area contributed by atoms with Gasteiger partial charge in [-0.05, 0) is 54.1 Å². The zero-order valence-electron chi connectivity index (χ0n) is 14.3. The standard InChI is InChI=1S/C21H20N2O2/c1-15(24)16-7-10-19(11-8-16)22-21(25)14-23(2)20-12-9-17-5-3-4-6-18(17)13-20/h3-13H,14H2,1-2H3,(H,22,25). The fourth-order valence-corrected chi connectivity index (χ4v) is 2.71. The van der Waals surface area contributed by atoms with Gasteiger partial charge in [-0.15, -0.1) is 0 Å². The molecule has 0 spiro atoms. The van der Waals surface area contributed by atoms with Gasteiger partial charge in [0.1, 0.15) is 0 Å². The number of Topliss-reactive ketones (excluding diaryl/α,β-unsaturated/α-hetero) is 1. The molecule has 0 unspecified atom stereocenters. The molecule has 3 aromatic rings. The number of hydrogen-bond acceptors (Lipinski definition) is 3. The number of carbonyl (C=O) groups is 2. The number of benzene rings is 3. The van der Waals surface area contributed by atoms with Gasteiger partial charge in [-0.1, -0.05) is 30.3 Å². The predicted octanol–water partition coefficient (Wildman–Crippen LogP) is 4.12. The van der Waals surface area contributed by atoms with Gasteiger partial charge in [0.2, 0.25) is 5.91 Å². The predicted molar refractivity (Wildman–Crippen MR) is 102 cm³/mol. The minimum Gasteiger partial charge on any atom is -0.365 e. The van der Waals surface area contributed by atoms with Gasteiger partial charge >= 0.3 is 0 Å². The van der Waals surface area contributed by atoms with Crippen LogP contribution in [0.25, 0.3) is 10.8 Å². The molecule has 3 aromatic carbocycles. The van der Waals surface area contributed by atoms with Crippen molar-refractivity contribution >= 4 is 33.8 Å². The van der Waals surface area contributed by atoms with E-state index in [9.17, 15) is 9.59 Å². The second kappa shape index (κ2) is 7.18. The Hall–Kier alpha value is -3.14. The number of ketones is 1. The number of nitrogens with zero attached hydrogens (tertiary/aromatic N) is 1. The van der Waals surface area contributed by atoms with Crippen LogP contribution in [-0.4, -0.2) is 25.3 Å². The molecule has 0 fully saturated rings. The molecule has 0 saturated heterocycles. The molecule has 25 heavy (non-hydrogen) atoms. The van der Waals surface area contributed by atoms with E-state index in [1.807, 2.05) is 30.1 Å². The van der Waals surface area contributed by atoms with Crippen molar-refractivity contribution in [2.75, 3.05) is 23.8 Å². The molecular weight excluding hydrogens is 312 g/mol. The van der Waals surface area contributed by atoms with Crippen LogP contribution in [0.4, 0.5) is 11.4 Å². The largest absolute Gasteiger partial charge is 0.365 e. The van der Waals surface area contributed by atoms with E-state index in [0.717, 1.165) is 11.1 Å². The highest BCUT2D eigenvalue weighted by molar-refractivity contribution is 5.97. The third kappa shape index (κ3) is 4.04. The Balaban J connectivity index is 1.65. The first-order chi connectivity index (χ1) is 12.0. The minimum absolute atomic E-state index is 0.00825. The number of fused-ring (bicyclic) bond motifs is 1. The summed E-state index contributed by atoms with van der Waals surface area (Å²) in [5, 5.41) is 5.18. The molecule has 1 N–H and O–H groups in total. The zero-order valence-corrected chi connectivity index (χ0v) is 14.3. The summed E-state index contributed by atoms with van der Waals surface area (Å²) in [6.45, 7) is 1.76. The topological polar surface area (TPSA) is 49.4 Å². The molecule has 1 amide bonds. The molecule has 0 aliphatic carbocycles. The van der Waals surface area contributed by atoms with Gasteiger partial charge in [-0.25, -0.2) is 0 Å². The third-order valence-corrected chi connectivity index (χ3v) is 4.13. The Morgan fingerprint density at radius 1 is 0.920 bits per heavy atom. The van der Waals surface area contributed by atoms with E-state index >= 15 is 0 Å². The lowest BCUT2D eigenvalue weighted by atomic mass is 10.1. The summed E-state index contributed by atoms with van der Waals surface area (Å²) < 4.78 is 0. The number of amides is 1. The summed E-state index contributed by atoms with van der Waals surface area (Å²) in [6, 6.07) is 21.2. The van der Waals surface area contributed by atoms with Crippen LogP contribution < -0.4 is 10.2 Å². The molecule has 0 aliphatic heterocycles. The molecular formula is C21H20N2O2. The van der Waals surface area contributed by atoms with Gasteiger partial charge in [-0.3, -0.25) is 9.59 Å². The molecule has 3 rings (SSSR count). The summed E-state index contributed by atoms with van der Waals surface area (Å²) in [6.07, 6.45) is 0. The fourth-order valence-electron chi connectivity index (χ4n) is 2.71. The van der Waals surface area contributed by atoms with E-state index in [1.54, 1.807) is 24.3 Å². The van der Waals surface area contributed by atoms with Gasteiger partial charge in [0.25, 0.3) is 0 Å². The SMILES string of the molecule is CC(=O)c1ccc(NC(=O)CN(C)c2ccc3ccccc3c2)cc1. The van der Waals surface area contributed by atoms with Crippen molar-refractivity contribution in [3.05, 3.63) is 72.3 Å². The van der Waals surface area contributed by atoms with E-state index in [2.05, 4.69) is 29.6 Å². The highest BCUT2D eigenvalue weighted by Gasteiger charge is 2.09. The number of likely N-dealkylation sites (N-methyl/N-ethyl adjacent to an activating group) is 1. The molecule has 0 radical (unpaired) electrons. The highest BCUT2D eigenvalue weighted by atomic mass is 16.2. The van der Waals surface area contributed by atoms with Crippen molar-refractivity contribution in [2.45, 2.75) is 6.92 Å². The minimum atomic E-state index is -0.105. The van der Waals surface area contributed by atoms with Gasteiger partial charge < -0.3 is 10.2 Å². The van der Waals surface area contributed by atoms with E-state index in [4.69, 9.17) is 0 Å². The Bertz CT molecular complexity index is 917. The lowest BCUT2D eigenvalue weighted by Gasteiger charge is -2.19. The maximum Gasteiger partial charge on any atom is 0.243 e. The molecule has 0 aliphatic rings. The van der Waals surface area contributed by atoms with Crippen LogP contribution in [0.5, 0.6) is 0 Å². The Morgan fingerprint density at radius 3 is 2.28 bits per heavy atom. The molecule has 126 valence electrons. The van der Waals surface area contributed by atoms with Crippen molar-refractivity contribution < 1.29 is 9.59 Å². The highest BCUT2D eigenvalue weighted by Crippen LogP contribution is 2.21. The lowest BCUT2D eigenvalue weighted by molar-refractivity contribution is -0.114. The Labute approximate surface area is 147 Å². The zero-order chi connectivity index (χ0) is 17.8.